The maximum atomic E-state index is 14.8. The quantitative estimate of drug-likeness (QED) is 0.443. The van der Waals surface area contributed by atoms with E-state index in [1.54, 1.807) is 0 Å². The number of benzene rings is 2. The minimum Gasteiger partial charge on any atom is -0.484 e. The Labute approximate surface area is 217 Å². The smallest absolute Gasteiger partial charge is 0.140 e. The zero-order chi connectivity index (χ0) is 25.8. The van der Waals surface area contributed by atoms with Gasteiger partial charge in [-0.1, -0.05) is 46.2 Å². The van der Waals surface area contributed by atoms with Gasteiger partial charge < -0.3 is 14.4 Å². The molecule has 5 nitrogen and oxygen atoms in total. The minimum absolute atomic E-state index is 0.0392. The summed E-state index contributed by atoms with van der Waals surface area (Å²) >= 11 is 6.23. The van der Waals surface area contributed by atoms with Crippen LogP contribution in [0.4, 0.5) is 4.39 Å². The van der Waals surface area contributed by atoms with Crippen LogP contribution in [-0.4, -0.2) is 44.8 Å². The molecule has 0 radical (unpaired) electrons. The number of ether oxygens (including phenoxy) is 1. The van der Waals surface area contributed by atoms with Crippen LogP contribution >= 0.6 is 11.6 Å². The lowest BCUT2D eigenvalue weighted by Gasteiger charge is -2.30. The van der Waals surface area contributed by atoms with E-state index < -0.39 is 0 Å². The van der Waals surface area contributed by atoms with Crippen molar-refractivity contribution in [2.24, 2.45) is 0 Å². The third kappa shape index (κ3) is 4.79. The van der Waals surface area contributed by atoms with E-state index in [1.165, 1.54) is 6.07 Å². The Bertz CT molecular complexity index is 1250. The highest BCUT2D eigenvalue weighted by atomic mass is 35.5. The van der Waals surface area contributed by atoms with Gasteiger partial charge in [0.15, 0.2) is 0 Å². The Morgan fingerprint density at radius 3 is 2.50 bits per heavy atom. The summed E-state index contributed by atoms with van der Waals surface area (Å²) < 4.78 is 23.5. The van der Waals surface area contributed by atoms with E-state index in [1.807, 2.05) is 30.3 Å². The molecule has 0 bridgehead atoms. The number of rotatable bonds is 5. The Hall–Kier alpha value is -2.41. The lowest BCUT2D eigenvalue weighted by atomic mass is 9.93. The van der Waals surface area contributed by atoms with Crippen molar-refractivity contribution in [3.63, 3.8) is 0 Å². The Kier molecular flexibility index (Phi) is 6.64. The van der Waals surface area contributed by atoms with Crippen LogP contribution in [0.5, 0.6) is 5.75 Å². The van der Waals surface area contributed by atoms with Gasteiger partial charge >= 0.3 is 0 Å². The van der Waals surface area contributed by atoms with Crippen molar-refractivity contribution in [1.82, 2.24) is 14.5 Å². The average molecular weight is 512 g/mol. The first-order valence-electron chi connectivity index (χ1n) is 12.8. The van der Waals surface area contributed by atoms with Crippen molar-refractivity contribution < 1.29 is 14.2 Å². The van der Waals surface area contributed by atoms with Gasteiger partial charge in [-0.05, 0) is 54.8 Å². The van der Waals surface area contributed by atoms with Crippen LogP contribution in [0.15, 0.2) is 42.6 Å². The van der Waals surface area contributed by atoms with E-state index in [-0.39, 0.29) is 35.4 Å². The largest absolute Gasteiger partial charge is 0.484 e. The van der Waals surface area contributed by atoms with Crippen LogP contribution in [-0.2, 0) is 11.8 Å². The molecule has 0 spiro atoms. The van der Waals surface area contributed by atoms with Gasteiger partial charge in [0, 0.05) is 46.9 Å². The number of nitrogens with zero attached hydrogens (tertiary/aromatic N) is 3. The van der Waals surface area contributed by atoms with Crippen LogP contribution in [0.3, 0.4) is 0 Å². The molecular formula is C29H35ClFN3O2. The molecule has 1 N–H and O–H groups in total. The summed E-state index contributed by atoms with van der Waals surface area (Å²) in [6.07, 6.45) is 2.66. The lowest BCUT2D eigenvalue weighted by Crippen LogP contribution is -2.39. The van der Waals surface area contributed by atoms with Crippen LogP contribution in [0.25, 0.3) is 5.69 Å². The molecule has 1 aliphatic carbocycles. The first-order valence-corrected chi connectivity index (χ1v) is 13.2. The van der Waals surface area contributed by atoms with Gasteiger partial charge in [0.1, 0.15) is 23.5 Å². The number of aliphatic hydroxyl groups is 1. The van der Waals surface area contributed by atoms with Gasteiger partial charge in [-0.25, -0.2) is 9.37 Å². The number of β-amino-alcohol motifs (C(OH)–C–C–N with tert-alkyl or cyclic N) is 1. The molecular weight excluding hydrogens is 477 g/mol. The SMILES string of the molecule is CC(C)c1nc(C(C)(C)C)cn1-c1ccc(O[C@H]2c3cc(Cl)cc(F)c3C[C@@H]2N2CC[C@@H](O)C2)cc1. The molecule has 2 heterocycles. The van der Waals surface area contributed by atoms with Crippen molar-refractivity contribution in [2.45, 2.75) is 77.0 Å². The third-order valence-electron chi connectivity index (χ3n) is 7.32. The zero-order valence-corrected chi connectivity index (χ0v) is 22.4. The molecule has 7 heteroatoms. The fourth-order valence-electron chi connectivity index (χ4n) is 5.35. The van der Waals surface area contributed by atoms with Crippen molar-refractivity contribution in [1.29, 1.82) is 0 Å². The number of imidazole rings is 1. The van der Waals surface area contributed by atoms with Crippen LogP contribution in [0, 0.1) is 5.82 Å². The first-order chi connectivity index (χ1) is 17.0. The third-order valence-corrected chi connectivity index (χ3v) is 7.54. The molecule has 2 aromatic carbocycles. The van der Waals surface area contributed by atoms with Gasteiger partial charge in [-0.3, -0.25) is 4.90 Å². The normalized spacial score (nSPS) is 22.4. The predicted molar refractivity (Wildman–Crippen MR) is 141 cm³/mol. The molecule has 0 saturated carbocycles. The van der Waals surface area contributed by atoms with Crippen LogP contribution in [0.1, 0.15) is 75.7 Å². The summed E-state index contributed by atoms with van der Waals surface area (Å²) in [5.74, 6) is 1.72. The number of likely N-dealkylation sites (tertiary alicyclic amines) is 1. The van der Waals surface area contributed by atoms with Crippen LogP contribution < -0.4 is 4.74 Å². The molecule has 1 saturated heterocycles. The molecule has 0 amide bonds. The summed E-state index contributed by atoms with van der Waals surface area (Å²) in [5, 5.41) is 10.5. The van der Waals surface area contributed by atoms with Crippen molar-refractivity contribution in [3.05, 3.63) is 76.1 Å². The molecule has 1 fully saturated rings. The summed E-state index contributed by atoms with van der Waals surface area (Å²) in [5.41, 5.74) is 3.49. The maximum absolute atomic E-state index is 14.8. The molecule has 192 valence electrons. The van der Waals surface area contributed by atoms with Crippen molar-refractivity contribution in [3.8, 4) is 11.4 Å². The number of aliphatic hydroxyl groups excluding tert-OH is 1. The summed E-state index contributed by atoms with van der Waals surface area (Å²) in [6.45, 7) is 12.2. The van der Waals surface area contributed by atoms with Crippen molar-refractivity contribution >= 4 is 11.6 Å². The van der Waals surface area contributed by atoms with Gasteiger partial charge in [-0.15, -0.1) is 0 Å². The fourth-order valence-corrected chi connectivity index (χ4v) is 5.56. The molecule has 2 aliphatic rings. The molecule has 1 aromatic heterocycles. The van der Waals surface area contributed by atoms with E-state index in [9.17, 15) is 9.50 Å². The van der Waals surface area contributed by atoms with Gasteiger partial charge in [-0.2, -0.15) is 0 Å². The number of halogens is 2. The monoisotopic (exact) mass is 511 g/mol. The number of fused-ring (bicyclic) bond motifs is 1. The van der Waals surface area contributed by atoms with Crippen molar-refractivity contribution in [2.75, 3.05) is 13.1 Å². The zero-order valence-electron chi connectivity index (χ0n) is 21.6. The van der Waals surface area contributed by atoms with E-state index >= 15 is 0 Å². The Morgan fingerprint density at radius 2 is 1.89 bits per heavy atom. The minimum atomic E-state index is -0.365. The highest BCUT2D eigenvalue weighted by Gasteiger charge is 2.42. The first kappa shape index (κ1) is 25.2. The van der Waals surface area contributed by atoms with Gasteiger partial charge in [0.05, 0.1) is 17.8 Å². The van der Waals surface area contributed by atoms with E-state index in [0.717, 1.165) is 35.7 Å². The van der Waals surface area contributed by atoms with E-state index in [2.05, 4.69) is 50.3 Å². The maximum Gasteiger partial charge on any atom is 0.140 e. The standard InChI is InChI=1S/C29H35ClFN3O2/c1-17(2)28-32-26(29(3,4)5)16-34(28)19-6-8-21(9-7-19)36-27-23-12-18(30)13-24(31)22(23)14-25(27)33-11-10-20(35)15-33/h6-9,12-13,16-17,20,25,27,35H,10-11,14-15H2,1-5H3/t20-,25+,27+/m1/s1. The summed E-state index contributed by atoms with van der Waals surface area (Å²) in [7, 11) is 0. The predicted octanol–water partition coefficient (Wildman–Crippen LogP) is 6.20. The molecule has 0 unspecified atom stereocenters. The van der Waals surface area contributed by atoms with Gasteiger partial charge in [0.25, 0.3) is 0 Å². The molecule has 5 rings (SSSR count). The molecule has 3 atom stereocenters. The number of aromatic nitrogens is 2. The summed E-state index contributed by atoms with van der Waals surface area (Å²) in [4.78, 5) is 7.14. The molecule has 3 aromatic rings. The topological polar surface area (TPSA) is 50.5 Å². The van der Waals surface area contributed by atoms with Crippen LogP contribution in [0.2, 0.25) is 5.02 Å². The second-order valence-electron chi connectivity index (χ2n) is 11.5. The van der Waals surface area contributed by atoms with E-state index in [4.69, 9.17) is 21.3 Å². The Balaban J connectivity index is 1.45. The molecule has 36 heavy (non-hydrogen) atoms. The summed E-state index contributed by atoms with van der Waals surface area (Å²) in [6, 6.07) is 11.1. The number of hydrogen-bond donors (Lipinski definition) is 1. The fraction of sp³-hybridized carbons (Fsp3) is 0.483. The average Bonchev–Trinajstić information content (AvgIpc) is 3.52. The highest BCUT2D eigenvalue weighted by molar-refractivity contribution is 6.30. The lowest BCUT2D eigenvalue weighted by molar-refractivity contribution is 0.0818. The number of hydrogen-bond acceptors (Lipinski definition) is 4. The van der Waals surface area contributed by atoms with E-state index in [0.29, 0.717) is 29.3 Å². The second kappa shape index (κ2) is 9.47. The highest BCUT2D eigenvalue weighted by Crippen LogP contribution is 2.41. The Morgan fingerprint density at radius 1 is 1.17 bits per heavy atom. The molecule has 1 aliphatic heterocycles. The second-order valence-corrected chi connectivity index (χ2v) is 11.9. The van der Waals surface area contributed by atoms with Gasteiger partial charge in [0.2, 0.25) is 0 Å².